The van der Waals surface area contributed by atoms with E-state index in [4.69, 9.17) is 11.8 Å². The summed E-state index contributed by atoms with van der Waals surface area (Å²) in [5.74, 6) is -0.438. The van der Waals surface area contributed by atoms with E-state index in [1.807, 2.05) is 0 Å². The highest BCUT2D eigenvalue weighted by molar-refractivity contribution is 6.22. The van der Waals surface area contributed by atoms with Crippen LogP contribution in [-0.2, 0) is 9.59 Å². The molecule has 0 aromatic heterocycles. The maximum absolute atomic E-state index is 10.3. The topological polar surface area (TPSA) is 37.4 Å². The maximum Gasteiger partial charge on any atom is 0.234 e. The van der Waals surface area contributed by atoms with Gasteiger partial charge in [0.25, 0.3) is 0 Å². The van der Waals surface area contributed by atoms with E-state index in [1.54, 1.807) is 0 Å². The highest BCUT2D eigenvalue weighted by Crippen LogP contribution is 1.92. The van der Waals surface area contributed by atoms with Crippen LogP contribution in [0.1, 0.15) is 13.8 Å². The van der Waals surface area contributed by atoms with Crippen molar-refractivity contribution in [1.82, 2.24) is 4.42 Å². The van der Waals surface area contributed by atoms with Gasteiger partial charge in [-0.15, -0.1) is 0 Å². The van der Waals surface area contributed by atoms with Crippen molar-refractivity contribution in [1.29, 1.82) is 0 Å². The summed E-state index contributed by atoms with van der Waals surface area (Å²) >= 11 is 5.27. The lowest BCUT2D eigenvalue weighted by Gasteiger charge is -2.06. The Labute approximate surface area is 58.7 Å². The van der Waals surface area contributed by atoms with Crippen LogP contribution in [0.15, 0.2) is 0 Å². The highest BCUT2D eigenvalue weighted by Gasteiger charge is 2.05. The van der Waals surface area contributed by atoms with E-state index < -0.39 is 0 Å². The monoisotopic (exact) mass is 149 g/mol. The summed E-state index contributed by atoms with van der Waals surface area (Å²) in [6.45, 7) is 2.66. The van der Waals surface area contributed by atoms with Crippen LogP contribution in [0.25, 0.3) is 0 Å². The molecule has 0 aliphatic carbocycles. The molecule has 0 aliphatic heterocycles. The zero-order chi connectivity index (χ0) is 7.44. The predicted molar refractivity (Wildman–Crippen MR) is 33.9 cm³/mol. The molecule has 0 saturated heterocycles. The fourth-order valence-corrected chi connectivity index (χ4v) is 0.475. The lowest BCUT2D eigenvalue weighted by Crippen LogP contribution is -2.23. The smallest absolute Gasteiger partial charge is 0.234 e. The molecule has 0 radical (unpaired) electrons. The summed E-state index contributed by atoms with van der Waals surface area (Å²) in [6.07, 6.45) is 0. The molecule has 0 spiro atoms. The zero-order valence-electron chi connectivity index (χ0n) is 5.35. The first-order valence-corrected chi connectivity index (χ1v) is 2.81. The molecule has 0 rings (SSSR count). The Balaban J connectivity index is 3.63. The molecule has 0 aromatic rings. The molecule has 0 saturated carbocycles. The largest absolute Gasteiger partial charge is 0.298 e. The van der Waals surface area contributed by atoms with Crippen LogP contribution in [0, 0.1) is 0 Å². The molecule has 0 fully saturated rings. The average molecular weight is 150 g/mol. The quantitative estimate of drug-likeness (QED) is 0.539. The molecule has 52 valence electrons. The molecule has 0 atom stereocenters. The third kappa shape index (κ3) is 3.97. The van der Waals surface area contributed by atoms with Crippen LogP contribution in [0.3, 0.4) is 0 Å². The molecule has 0 aliphatic rings. The van der Waals surface area contributed by atoms with Gasteiger partial charge in [0, 0.05) is 18.7 Å². The fraction of sp³-hybridized carbons (Fsp3) is 0.600. The van der Waals surface area contributed by atoms with Crippen molar-refractivity contribution in [2.24, 2.45) is 0 Å². The second kappa shape index (κ2) is 3.45. The van der Waals surface area contributed by atoms with Crippen LogP contribution >= 0.6 is 11.8 Å². The normalized spacial score (nSPS) is 8.78. The number of carbonyl (C=O) groups excluding carboxylic acids is 2. The van der Waals surface area contributed by atoms with Crippen LogP contribution in [0.4, 0.5) is 0 Å². The molecule has 0 heterocycles. The molecular formula is C5H8ClNO2. The molecule has 4 heteroatoms. The number of halogens is 1. The molecule has 1 amide bonds. The summed E-state index contributed by atoms with van der Waals surface area (Å²) in [5.41, 5.74) is 0. The SMILES string of the molecule is CC(=O)CN(Cl)C(C)=O. The van der Waals surface area contributed by atoms with Gasteiger partial charge < -0.3 is 0 Å². The molecule has 0 unspecified atom stereocenters. The third-order valence-electron chi connectivity index (χ3n) is 0.703. The Kier molecular flexibility index (Phi) is 3.24. The number of rotatable bonds is 2. The van der Waals surface area contributed by atoms with Gasteiger partial charge in [-0.3, -0.25) is 9.59 Å². The Hall–Kier alpha value is -0.570. The van der Waals surface area contributed by atoms with Gasteiger partial charge in [0.1, 0.15) is 0 Å². The van der Waals surface area contributed by atoms with Crippen molar-refractivity contribution in [3.05, 3.63) is 0 Å². The van der Waals surface area contributed by atoms with Gasteiger partial charge in [-0.1, -0.05) is 0 Å². The van der Waals surface area contributed by atoms with Crippen molar-refractivity contribution < 1.29 is 9.59 Å². The molecule has 9 heavy (non-hydrogen) atoms. The van der Waals surface area contributed by atoms with E-state index in [9.17, 15) is 9.59 Å². The number of nitrogens with zero attached hydrogens (tertiary/aromatic N) is 1. The predicted octanol–water partition coefficient (Wildman–Crippen LogP) is 0.578. The summed E-state index contributed by atoms with van der Waals surface area (Å²) < 4.78 is 0.850. The van der Waals surface area contributed by atoms with Gasteiger partial charge >= 0.3 is 0 Å². The number of Topliss-reactive ketones (excluding diaryl/α,β-unsaturated/α-hetero) is 1. The number of hydrogen-bond acceptors (Lipinski definition) is 2. The maximum atomic E-state index is 10.3. The fourth-order valence-electron chi connectivity index (χ4n) is 0.307. The Morgan fingerprint density at radius 3 is 2.00 bits per heavy atom. The van der Waals surface area contributed by atoms with Gasteiger partial charge in [0.2, 0.25) is 5.91 Å². The minimum atomic E-state index is -0.313. The van der Waals surface area contributed by atoms with E-state index in [-0.39, 0.29) is 18.2 Å². The first kappa shape index (κ1) is 8.43. The van der Waals surface area contributed by atoms with Crippen LogP contribution in [-0.4, -0.2) is 22.7 Å². The highest BCUT2D eigenvalue weighted by atomic mass is 35.5. The molecular weight excluding hydrogens is 142 g/mol. The molecule has 0 N–H and O–H groups in total. The summed E-state index contributed by atoms with van der Waals surface area (Å²) in [6, 6.07) is 0. The molecule has 0 aromatic carbocycles. The minimum Gasteiger partial charge on any atom is -0.298 e. The second-order valence-corrected chi connectivity index (χ2v) is 2.15. The number of ketones is 1. The van der Waals surface area contributed by atoms with E-state index in [1.165, 1.54) is 13.8 Å². The van der Waals surface area contributed by atoms with E-state index in [2.05, 4.69) is 0 Å². The van der Waals surface area contributed by atoms with E-state index in [0.717, 1.165) is 4.42 Å². The Bertz CT molecular complexity index is 135. The van der Waals surface area contributed by atoms with Crippen molar-refractivity contribution in [3.8, 4) is 0 Å². The lowest BCUT2D eigenvalue weighted by atomic mass is 10.4. The van der Waals surface area contributed by atoms with E-state index in [0.29, 0.717) is 0 Å². The first-order valence-electron chi connectivity index (χ1n) is 2.47. The average Bonchev–Trinajstić information content (AvgIpc) is 1.63. The summed E-state index contributed by atoms with van der Waals surface area (Å²) in [5, 5.41) is 0. The first-order chi connectivity index (χ1) is 4.04. The van der Waals surface area contributed by atoms with Gasteiger partial charge in [-0.2, -0.15) is 0 Å². The van der Waals surface area contributed by atoms with Gasteiger partial charge in [-0.05, 0) is 6.92 Å². The van der Waals surface area contributed by atoms with Gasteiger partial charge in [-0.25, -0.2) is 4.42 Å². The Morgan fingerprint density at radius 2 is 1.89 bits per heavy atom. The third-order valence-corrected chi connectivity index (χ3v) is 1.06. The molecule has 3 nitrogen and oxygen atoms in total. The van der Waals surface area contributed by atoms with Crippen LogP contribution in [0.5, 0.6) is 0 Å². The zero-order valence-corrected chi connectivity index (χ0v) is 6.10. The van der Waals surface area contributed by atoms with E-state index >= 15 is 0 Å². The lowest BCUT2D eigenvalue weighted by molar-refractivity contribution is -0.128. The van der Waals surface area contributed by atoms with Crippen molar-refractivity contribution in [2.45, 2.75) is 13.8 Å². The number of hydrogen-bond donors (Lipinski definition) is 0. The van der Waals surface area contributed by atoms with Crippen molar-refractivity contribution in [3.63, 3.8) is 0 Å². The summed E-state index contributed by atoms with van der Waals surface area (Å²) in [7, 11) is 0. The van der Waals surface area contributed by atoms with Crippen molar-refractivity contribution >= 4 is 23.5 Å². The number of carbonyl (C=O) groups is 2. The van der Waals surface area contributed by atoms with Crippen molar-refractivity contribution in [2.75, 3.05) is 6.54 Å². The summed E-state index contributed by atoms with van der Waals surface area (Å²) in [4.78, 5) is 20.6. The van der Waals surface area contributed by atoms with Crippen LogP contribution < -0.4 is 0 Å². The van der Waals surface area contributed by atoms with Gasteiger partial charge in [0.15, 0.2) is 5.78 Å². The number of amides is 1. The van der Waals surface area contributed by atoms with Gasteiger partial charge in [0.05, 0.1) is 6.54 Å². The van der Waals surface area contributed by atoms with Crippen LogP contribution in [0.2, 0.25) is 0 Å². The standard InChI is InChI=1S/C5H8ClNO2/c1-4(8)3-7(6)5(2)9/h3H2,1-2H3. The molecule has 0 bridgehead atoms. The Morgan fingerprint density at radius 1 is 1.44 bits per heavy atom. The second-order valence-electron chi connectivity index (χ2n) is 1.74. The minimum absolute atomic E-state index is 0.0170.